The molecular formula is C22H26N6O3. The molecule has 1 saturated heterocycles. The van der Waals surface area contributed by atoms with Crippen LogP contribution in [0, 0.1) is 13.8 Å². The van der Waals surface area contributed by atoms with Crippen LogP contribution in [0.25, 0.3) is 5.69 Å². The molecule has 0 bridgehead atoms. The lowest BCUT2D eigenvalue weighted by Gasteiger charge is -2.34. The molecule has 1 aliphatic heterocycles. The fourth-order valence-electron chi connectivity index (χ4n) is 3.70. The van der Waals surface area contributed by atoms with Crippen LogP contribution >= 0.6 is 0 Å². The van der Waals surface area contributed by atoms with Crippen LogP contribution in [0.2, 0.25) is 0 Å². The highest BCUT2D eigenvalue weighted by Gasteiger charge is 2.25. The van der Waals surface area contributed by atoms with Gasteiger partial charge >= 0.3 is 6.03 Å². The van der Waals surface area contributed by atoms with Crippen molar-refractivity contribution < 1.29 is 14.1 Å². The maximum atomic E-state index is 12.6. The molecule has 31 heavy (non-hydrogen) atoms. The van der Waals surface area contributed by atoms with Crippen LogP contribution in [-0.4, -0.2) is 62.9 Å². The summed E-state index contributed by atoms with van der Waals surface area (Å²) in [7, 11) is 0. The van der Waals surface area contributed by atoms with E-state index in [0.29, 0.717) is 38.5 Å². The van der Waals surface area contributed by atoms with E-state index in [9.17, 15) is 9.59 Å². The molecule has 0 spiro atoms. The number of hydrogen-bond acceptors (Lipinski definition) is 5. The highest BCUT2D eigenvalue weighted by atomic mass is 16.5. The fraction of sp³-hybridized carbons (Fsp3) is 0.364. The zero-order chi connectivity index (χ0) is 21.8. The number of hydrogen-bond donors (Lipinski definition) is 1. The average Bonchev–Trinajstić information content (AvgIpc) is 3.44. The molecule has 1 aromatic carbocycles. The van der Waals surface area contributed by atoms with Gasteiger partial charge in [-0.05, 0) is 37.6 Å². The Hall–Kier alpha value is -3.62. The summed E-state index contributed by atoms with van der Waals surface area (Å²) in [5.41, 5.74) is 3.54. The summed E-state index contributed by atoms with van der Waals surface area (Å²) >= 11 is 0. The van der Waals surface area contributed by atoms with E-state index in [2.05, 4.69) is 15.6 Å². The van der Waals surface area contributed by atoms with Crippen LogP contribution in [0.3, 0.4) is 0 Å². The minimum absolute atomic E-state index is 0.0323. The van der Waals surface area contributed by atoms with E-state index < -0.39 is 0 Å². The van der Waals surface area contributed by atoms with Gasteiger partial charge in [0, 0.05) is 50.7 Å². The number of aryl methyl sites for hydroxylation is 2. The molecule has 4 rings (SSSR count). The summed E-state index contributed by atoms with van der Waals surface area (Å²) in [4.78, 5) is 28.7. The first-order chi connectivity index (χ1) is 15.0. The molecular weight excluding hydrogens is 396 g/mol. The number of urea groups is 1. The lowest BCUT2D eigenvalue weighted by Crippen LogP contribution is -2.53. The number of nitrogens with one attached hydrogen (secondary N) is 1. The van der Waals surface area contributed by atoms with E-state index in [0.717, 1.165) is 22.5 Å². The summed E-state index contributed by atoms with van der Waals surface area (Å²) in [6, 6.07) is 9.63. The fourth-order valence-corrected chi connectivity index (χ4v) is 3.70. The smallest absolute Gasteiger partial charge is 0.317 e. The number of amides is 3. The largest absolute Gasteiger partial charge is 0.361 e. The number of piperazine rings is 1. The summed E-state index contributed by atoms with van der Waals surface area (Å²) < 4.78 is 6.92. The van der Waals surface area contributed by atoms with Crippen LogP contribution in [0.4, 0.5) is 4.79 Å². The summed E-state index contributed by atoms with van der Waals surface area (Å²) in [6.07, 6.45) is 3.89. The highest BCUT2D eigenvalue weighted by molar-refractivity contribution is 5.80. The first-order valence-corrected chi connectivity index (χ1v) is 10.3. The molecule has 3 aromatic rings. The standard InChI is InChI=1S/C22H26N6O3/c1-16-20(17(2)31-25-16)14-21(29)26-9-11-27(12-10-26)22(30)23-15-18-5-3-6-19(13-18)28-8-4-7-24-28/h3-8,13H,9-12,14-15H2,1-2H3,(H,23,30). The monoisotopic (exact) mass is 422 g/mol. The molecule has 0 saturated carbocycles. The molecule has 1 fully saturated rings. The second-order valence-corrected chi connectivity index (χ2v) is 7.63. The predicted octanol–water partition coefficient (Wildman–Crippen LogP) is 2.07. The Labute approximate surface area is 180 Å². The summed E-state index contributed by atoms with van der Waals surface area (Å²) in [5.74, 6) is 0.713. The Kier molecular flexibility index (Phi) is 6.01. The first kappa shape index (κ1) is 20.6. The van der Waals surface area contributed by atoms with Gasteiger partial charge in [0.15, 0.2) is 0 Å². The van der Waals surface area contributed by atoms with Gasteiger partial charge in [-0.25, -0.2) is 9.48 Å². The Balaban J connectivity index is 1.26. The van der Waals surface area contributed by atoms with Crippen molar-refractivity contribution >= 4 is 11.9 Å². The number of carbonyl (C=O) groups excluding carboxylic acids is 2. The van der Waals surface area contributed by atoms with E-state index >= 15 is 0 Å². The molecule has 9 heteroatoms. The third kappa shape index (κ3) is 4.76. The van der Waals surface area contributed by atoms with Crippen LogP contribution in [-0.2, 0) is 17.8 Å². The molecule has 3 amide bonds. The maximum Gasteiger partial charge on any atom is 0.317 e. The van der Waals surface area contributed by atoms with Gasteiger partial charge in [-0.2, -0.15) is 5.10 Å². The van der Waals surface area contributed by atoms with E-state index in [4.69, 9.17) is 4.52 Å². The quantitative estimate of drug-likeness (QED) is 0.679. The summed E-state index contributed by atoms with van der Waals surface area (Å²) in [6.45, 7) is 6.13. The molecule has 1 N–H and O–H groups in total. The normalized spacial score (nSPS) is 14.0. The molecule has 0 unspecified atom stereocenters. The van der Waals surface area contributed by atoms with Gasteiger partial charge in [-0.15, -0.1) is 0 Å². The Bertz CT molecular complexity index is 1030. The maximum absolute atomic E-state index is 12.6. The molecule has 0 atom stereocenters. The Morgan fingerprint density at radius 3 is 2.55 bits per heavy atom. The molecule has 2 aromatic heterocycles. The third-order valence-electron chi connectivity index (χ3n) is 5.55. The van der Waals surface area contributed by atoms with Crippen molar-refractivity contribution in [2.75, 3.05) is 26.2 Å². The zero-order valence-corrected chi connectivity index (χ0v) is 17.7. The Morgan fingerprint density at radius 2 is 1.87 bits per heavy atom. The Morgan fingerprint density at radius 1 is 1.10 bits per heavy atom. The van der Waals surface area contributed by atoms with Gasteiger partial charge in [-0.3, -0.25) is 4.79 Å². The van der Waals surface area contributed by atoms with Crippen LogP contribution < -0.4 is 5.32 Å². The highest BCUT2D eigenvalue weighted by Crippen LogP contribution is 2.15. The zero-order valence-electron chi connectivity index (χ0n) is 17.7. The second-order valence-electron chi connectivity index (χ2n) is 7.63. The van der Waals surface area contributed by atoms with E-state index in [1.54, 1.807) is 20.7 Å². The van der Waals surface area contributed by atoms with Gasteiger partial charge < -0.3 is 19.6 Å². The number of benzene rings is 1. The lowest BCUT2D eigenvalue weighted by atomic mass is 10.1. The minimum Gasteiger partial charge on any atom is -0.361 e. The topological polar surface area (TPSA) is 96.5 Å². The average molecular weight is 422 g/mol. The SMILES string of the molecule is Cc1noc(C)c1CC(=O)N1CCN(C(=O)NCc2cccc(-n3cccn3)c2)CC1. The van der Waals surface area contributed by atoms with Gasteiger partial charge in [0.2, 0.25) is 5.91 Å². The third-order valence-corrected chi connectivity index (χ3v) is 5.55. The molecule has 0 aliphatic carbocycles. The minimum atomic E-state index is -0.123. The van der Waals surface area contributed by atoms with Crippen LogP contribution in [0.5, 0.6) is 0 Å². The van der Waals surface area contributed by atoms with Crippen LogP contribution in [0.15, 0.2) is 47.2 Å². The van der Waals surface area contributed by atoms with Gasteiger partial charge in [0.25, 0.3) is 0 Å². The van der Waals surface area contributed by atoms with E-state index in [1.807, 2.05) is 50.4 Å². The van der Waals surface area contributed by atoms with Gasteiger partial charge in [-0.1, -0.05) is 17.3 Å². The van der Waals surface area contributed by atoms with Crippen molar-refractivity contribution in [3.05, 3.63) is 65.3 Å². The predicted molar refractivity (Wildman–Crippen MR) is 114 cm³/mol. The van der Waals surface area contributed by atoms with Gasteiger partial charge in [0.05, 0.1) is 17.8 Å². The summed E-state index contributed by atoms with van der Waals surface area (Å²) in [5, 5.41) is 11.1. The molecule has 162 valence electrons. The number of nitrogens with zero attached hydrogens (tertiary/aromatic N) is 5. The number of rotatable bonds is 5. The van der Waals surface area contributed by atoms with Crippen LogP contribution in [0.1, 0.15) is 22.6 Å². The molecule has 1 aliphatic rings. The van der Waals surface area contributed by atoms with E-state index in [-0.39, 0.29) is 18.4 Å². The van der Waals surface area contributed by atoms with Gasteiger partial charge in [0.1, 0.15) is 5.76 Å². The number of carbonyl (C=O) groups is 2. The lowest BCUT2D eigenvalue weighted by molar-refractivity contribution is -0.131. The van der Waals surface area contributed by atoms with Crippen molar-refractivity contribution in [3.8, 4) is 5.69 Å². The van der Waals surface area contributed by atoms with E-state index in [1.165, 1.54) is 0 Å². The van der Waals surface area contributed by atoms with Crippen molar-refractivity contribution in [1.82, 2.24) is 30.1 Å². The number of aromatic nitrogens is 3. The molecule has 9 nitrogen and oxygen atoms in total. The van der Waals surface area contributed by atoms with Crippen molar-refractivity contribution in [3.63, 3.8) is 0 Å². The molecule has 0 radical (unpaired) electrons. The molecule has 3 heterocycles. The van der Waals surface area contributed by atoms with Crippen molar-refractivity contribution in [1.29, 1.82) is 0 Å². The first-order valence-electron chi connectivity index (χ1n) is 10.3. The van der Waals surface area contributed by atoms with Crippen molar-refractivity contribution in [2.24, 2.45) is 0 Å². The van der Waals surface area contributed by atoms with Crippen molar-refractivity contribution in [2.45, 2.75) is 26.8 Å². The second kappa shape index (κ2) is 9.03.